The highest BCUT2D eigenvalue weighted by Gasteiger charge is 2.32. The molecule has 0 aromatic heterocycles. The fraction of sp³-hybridized carbons (Fsp3) is 0.562. The van der Waals surface area contributed by atoms with Gasteiger partial charge in [-0.2, -0.15) is 5.26 Å². The number of piperidine rings is 1. The van der Waals surface area contributed by atoms with Crippen LogP contribution >= 0.6 is 0 Å². The third-order valence-corrected chi connectivity index (χ3v) is 4.19. The molecule has 1 fully saturated rings. The van der Waals surface area contributed by atoms with Gasteiger partial charge >= 0.3 is 0 Å². The first-order valence-corrected chi connectivity index (χ1v) is 7.20. The summed E-state index contributed by atoms with van der Waals surface area (Å²) in [4.78, 5) is 2.38. The van der Waals surface area contributed by atoms with E-state index in [0.717, 1.165) is 19.4 Å². The topological polar surface area (TPSA) is 62.3 Å². The van der Waals surface area contributed by atoms with Crippen LogP contribution in [0.15, 0.2) is 30.3 Å². The van der Waals surface area contributed by atoms with Crippen molar-refractivity contribution in [1.82, 2.24) is 4.90 Å². The number of methoxy groups -OCH3 is 1. The van der Waals surface area contributed by atoms with Gasteiger partial charge in [-0.15, -0.1) is 0 Å². The van der Waals surface area contributed by atoms with E-state index < -0.39 is 0 Å². The van der Waals surface area contributed by atoms with Crippen LogP contribution in [-0.4, -0.2) is 37.2 Å². The van der Waals surface area contributed by atoms with Crippen molar-refractivity contribution in [3.63, 3.8) is 0 Å². The molecule has 0 spiro atoms. The molecule has 1 aliphatic rings. The molecule has 1 aromatic carbocycles. The Hall–Kier alpha value is -1.41. The van der Waals surface area contributed by atoms with E-state index in [4.69, 9.17) is 15.7 Å². The van der Waals surface area contributed by atoms with Crippen LogP contribution in [0.2, 0.25) is 0 Å². The molecule has 0 amide bonds. The summed E-state index contributed by atoms with van der Waals surface area (Å²) in [5, 5.41) is 9.15. The Bertz CT molecular complexity index is 443. The lowest BCUT2D eigenvalue weighted by atomic mass is 9.93. The summed E-state index contributed by atoms with van der Waals surface area (Å²) in [6.45, 7) is 1.54. The fourth-order valence-electron chi connectivity index (χ4n) is 3.08. The molecule has 2 rings (SSSR count). The summed E-state index contributed by atoms with van der Waals surface area (Å²) in [5.41, 5.74) is 7.14. The molecule has 3 atom stereocenters. The molecular formula is C16H23N3O. The number of nitrogens with two attached hydrogens (primary N) is 1. The number of nitriles is 1. The monoisotopic (exact) mass is 273 g/mol. The molecule has 1 aliphatic heterocycles. The average molecular weight is 273 g/mol. The molecule has 0 bridgehead atoms. The molecule has 1 saturated heterocycles. The number of hydrogen-bond acceptors (Lipinski definition) is 4. The highest BCUT2D eigenvalue weighted by molar-refractivity contribution is 5.20. The van der Waals surface area contributed by atoms with E-state index in [1.807, 2.05) is 18.2 Å². The lowest BCUT2D eigenvalue weighted by Crippen LogP contribution is -2.49. The summed E-state index contributed by atoms with van der Waals surface area (Å²) in [6, 6.07) is 13.0. The Balaban J connectivity index is 2.18. The van der Waals surface area contributed by atoms with Crippen molar-refractivity contribution in [2.45, 2.75) is 37.5 Å². The Kier molecular flexibility index (Phi) is 5.54. The first-order chi connectivity index (χ1) is 9.80. The predicted octanol–water partition coefficient (Wildman–Crippen LogP) is 2.08. The standard InChI is InChI=1S/C16H23N3O/c1-20-15-8-10-19(14(11-15)12-18)16(7-9-17)13-5-3-2-4-6-13/h2-6,14-16H,7-8,10-12,18H2,1H3. The molecule has 0 aliphatic carbocycles. The van der Waals surface area contributed by atoms with Crippen LogP contribution in [0.5, 0.6) is 0 Å². The van der Waals surface area contributed by atoms with Gasteiger partial charge in [0.05, 0.1) is 18.6 Å². The van der Waals surface area contributed by atoms with Crippen LogP contribution in [0.25, 0.3) is 0 Å². The number of rotatable bonds is 5. The summed E-state index contributed by atoms with van der Waals surface area (Å²) in [5.74, 6) is 0. The minimum absolute atomic E-state index is 0.132. The molecule has 1 heterocycles. The predicted molar refractivity (Wildman–Crippen MR) is 79.0 cm³/mol. The van der Waals surface area contributed by atoms with Crippen LogP contribution in [0.1, 0.15) is 30.9 Å². The maximum Gasteiger partial charge on any atom is 0.0641 e. The second kappa shape index (κ2) is 7.39. The van der Waals surface area contributed by atoms with Gasteiger partial charge in [0.1, 0.15) is 0 Å². The van der Waals surface area contributed by atoms with Crippen molar-refractivity contribution in [3.05, 3.63) is 35.9 Å². The van der Waals surface area contributed by atoms with E-state index in [9.17, 15) is 0 Å². The Morgan fingerprint density at radius 2 is 2.20 bits per heavy atom. The molecule has 3 unspecified atom stereocenters. The SMILES string of the molecule is COC1CCN(C(CC#N)c2ccccc2)C(CN)C1. The quantitative estimate of drug-likeness (QED) is 0.892. The minimum atomic E-state index is 0.132. The van der Waals surface area contributed by atoms with Gasteiger partial charge in [0, 0.05) is 32.3 Å². The third kappa shape index (κ3) is 3.37. The highest BCUT2D eigenvalue weighted by Crippen LogP contribution is 2.31. The van der Waals surface area contributed by atoms with Crippen molar-refractivity contribution < 1.29 is 4.74 Å². The third-order valence-electron chi connectivity index (χ3n) is 4.19. The van der Waals surface area contributed by atoms with E-state index in [1.54, 1.807) is 7.11 Å². The minimum Gasteiger partial charge on any atom is -0.381 e. The first kappa shape index (κ1) is 15.0. The Labute approximate surface area is 121 Å². The van der Waals surface area contributed by atoms with Gasteiger partial charge in [-0.05, 0) is 18.4 Å². The Morgan fingerprint density at radius 1 is 1.45 bits per heavy atom. The normalized spacial score (nSPS) is 25.1. The zero-order valence-electron chi connectivity index (χ0n) is 12.0. The molecular weight excluding hydrogens is 250 g/mol. The zero-order chi connectivity index (χ0) is 14.4. The van der Waals surface area contributed by atoms with Gasteiger partial charge in [-0.25, -0.2) is 0 Å². The van der Waals surface area contributed by atoms with Crippen molar-refractivity contribution in [1.29, 1.82) is 5.26 Å². The van der Waals surface area contributed by atoms with Crippen molar-refractivity contribution >= 4 is 0 Å². The van der Waals surface area contributed by atoms with E-state index in [2.05, 4.69) is 23.1 Å². The highest BCUT2D eigenvalue weighted by atomic mass is 16.5. The smallest absolute Gasteiger partial charge is 0.0641 e. The van der Waals surface area contributed by atoms with Crippen molar-refractivity contribution in [3.8, 4) is 6.07 Å². The van der Waals surface area contributed by atoms with E-state index in [1.165, 1.54) is 5.56 Å². The van der Waals surface area contributed by atoms with Crippen LogP contribution in [0.4, 0.5) is 0 Å². The molecule has 4 nitrogen and oxygen atoms in total. The van der Waals surface area contributed by atoms with Gasteiger partial charge in [0.25, 0.3) is 0 Å². The van der Waals surface area contributed by atoms with Crippen molar-refractivity contribution in [2.24, 2.45) is 5.73 Å². The van der Waals surface area contributed by atoms with Gasteiger partial charge < -0.3 is 10.5 Å². The largest absolute Gasteiger partial charge is 0.381 e. The zero-order valence-corrected chi connectivity index (χ0v) is 12.0. The van der Waals surface area contributed by atoms with Gasteiger partial charge in [0.15, 0.2) is 0 Å². The number of ether oxygens (including phenoxy) is 1. The van der Waals surface area contributed by atoms with Gasteiger partial charge in [-0.1, -0.05) is 30.3 Å². The second-order valence-corrected chi connectivity index (χ2v) is 5.30. The van der Waals surface area contributed by atoms with Crippen molar-refractivity contribution in [2.75, 3.05) is 20.2 Å². The molecule has 20 heavy (non-hydrogen) atoms. The molecule has 108 valence electrons. The summed E-state index contributed by atoms with van der Waals surface area (Å²) < 4.78 is 5.47. The second-order valence-electron chi connectivity index (χ2n) is 5.30. The van der Waals surface area contributed by atoms with Crippen LogP contribution in [0, 0.1) is 11.3 Å². The lowest BCUT2D eigenvalue weighted by molar-refractivity contribution is -0.00407. The van der Waals surface area contributed by atoms with Gasteiger partial charge in [0.2, 0.25) is 0 Å². The average Bonchev–Trinajstić information content (AvgIpc) is 2.53. The van der Waals surface area contributed by atoms with Crippen LogP contribution in [-0.2, 0) is 4.74 Å². The maximum absolute atomic E-state index is 9.15. The summed E-state index contributed by atoms with van der Waals surface area (Å²) >= 11 is 0. The van der Waals surface area contributed by atoms with E-state index >= 15 is 0 Å². The fourth-order valence-corrected chi connectivity index (χ4v) is 3.08. The lowest BCUT2D eigenvalue weighted by Gasteiger charge is -2.42. The molecule has 0 radical (unpaired) electrons. The van der Waals surface area contributed by atoms with Crippen LogP contribution < -0.4 is 5.73 Å². The molecule has 0 saturated carbocycles. The summed E-state index contributed by atoms with van der Waals surface area (Å²) in [6.07, 6.45) is 2.74. The number of likely N-dealkylation sites (tertiary alicyclic amines) is 1. The first-order valence-electron chi connectivity index (χ1n) is 7.20. The molecule has 2 N–H and O–H groups in total. The number of benzene rings is 1. The Morgan fingerprint density at radius 3 is 2.80 bits per heavy atom. The molecule has 1 aromatic rings. The van der Waals surface area contributed by atoms with Gasteiger partial charge in [-0.3, -0.25) is 4.90 Å². The molecule has 4 heteroatoms. The van der Waals surface area contributed by atoms with E-state index in [0.29, 0.717) is 19.1 Å². The maximum atomic E-state index is 9.15. The van der Waals surface area contributed by atoms with E-state index in [-0.39, 0.29) is 12.1 Å². The number of hydrogen-bond donors (Lipinski definition) is 1. The van der Waals surface area contributed by atoms with Crippen LogP contribution in [0.3, 0.4) is 0 Å². The number of nitrogens with zero attached hydrogens (tertiary/aromatic N) is 2. The summed E-state index contributed by atoms with van der Waals surface area (Å²) in [7, 11) is 1.76.